The molecule has 0 bridgehead atoms. The number of nitrogens with zero attached hydrogens (tertiary/aromatic N) is 5. The molecule has 0 saturated heterocycles. The van der Waals surface area contributed by atoms with Crippen LogP contribution in [0.4, 0.5) is 4.39 Å². The Balaban J connectivity index is 1.14. The van der Waals surface area contributed by atoms with Crippen molar-refractivity contribution in [3.8, 4) is 16.8 Å². The SMILES string of the molecule is C=C1CCc2cc(C3=NC(F)=C(C4C5CC5c5cc(-c6cc(Cl)ccc6-n6cc(Cl)nn6)cc(=O)n54)C3)ccc2C1. The number of halogens is 3. The summed E-state index contributed by atoms with van der Waals surface area (Å²) in [6, 6.07) is 15.0. The van der Waals surface area contributed by atoms with Gasteiger partial charge < -0.3 is 4.57 Å². The first-order chi connectivity index (χ1) is 19.8. The lowest BCUT2D eigenvalue weighted by Gasteiger charge is -2.21. The topological polar surface area (TPSA) is 65.1 Å². The van der Waals surface area contributed by atoms with Gasteiger partial charge in [-0.3, -0.25) is 4.79 Å². The zero-order valence-electron chi connectivity index (χ0n) is 21.9. The second-order valence-electron chi connectivity index (χ2n) is 11.4. The number of fused-ring (bicyclic) bond motifs is 4. The lowest BCUT2D eigenvalue weighted by molar-refractivity contribution is 0.497. The molecule has 4 aliphatic rings. The van der Waals surface area contributed by atoms with E-state index in [1.54, 1.807) is 27.6 Å². The molecule has 0 spiro atoms. The van der Waals surface area contributed by atoms with Crippen LogP contribution in [0.2, 0.25) is 10.2 Å². The van der Waals surface area contributed by atoms with Crippen molar-refractivity contribution < 1.29 is 4.39 Å². The van der Waals surface area contributed by atoms with Gasteiger partial charge >= 0.3 is 0 Å². The highest BCUT2D eigenvalue weighted by Crippen LogP contribution is 2.62. The maximum atomic E-state index is 15.5. The zero-order chi connectivity index (χ0) is 28.0. The van der Waals surface area contributed by atoms with Gasteiger partial charge in [-0.2, -0.15) is 4.39 Å². The van der Waals surface area contributed by atoms with Gasteiger partial charge in [0.05, 0.1) is 23.6 Å². The van der Waals surface area contributed by atoms with Crippen LogP contribution in [0.3, 0.4) is 0 Å². The zero-order valence-corrected chi connectivity index (χ0v) is 23.5. The minimum absolute atomic E-state index is 0.167. The summed E-state index contributed by atoms with van der Waals surface area (Å²) in [7, 11) is 0. The molecule has 204 valence electrons. The van der Waals surface area contributed by atoms with E-state index in [2.05, 4.69) is 34.0 Å². The number of rotatable bonds is 4. The Hall–Kier alpha value is -3.81. The first-order valence-electron chi connectivity index (χ1n) is 13.7. The summed E-state index contributed by atoms with van der Waals surface area (Å²) < 4.78 is 18.9. The maximum absolute atomic E-state index is 15.5. The average Bonchev–Trinajstić information content (AvgIpc) is 3.28. The summed E-state index contributed by atoms with van der Waals surface area (Å²) in [4.78, 5) is 18.1. The van der Waals surface area contributed by atoms with E-state index in [1.807, 2.05) is 24.3 Å². The molecule has 2 aliphatic carbocycles. The Labute approximate surface area is 245 Å². The molecule has 2 aromatic carbocycles. The van der Waals surface area contributed by atoms with Crippen LogP contribution < -0.4 is 5.56 Å². The first-order valence-corrected chi connectivity index (χ1v) is 14.5. The van der Waals surface area contributed by atoms with E-state index >= 15 is 4.39 Å². The van der Waals surface area contributed by atoms with Crippen molar-refractivity contribution in [3.63, 3.8) is 0 Å². The first kappa shape index (κ1) is 24.9. The molecule has 0 N–H and O–H groups in total. The molecular formula is C32H24Cl2FN5O. The van der Waals surface area contributed by atoms with Crippen molar-refractivity contribution in [2.75, 3.05) is 0 Å². The Morgan fingerprint density at radius 2 is 1.85 bits per heavy atom. The standard InChI is InChI=1S/C32H24Cl2FN5O/c1-16-2-3-18-9-19(5-4-17(18)8-16)26-14-25(32(35)36-26)31-24-13-23(24)28-10-20(11-30(41)40(28)31)22-12-21(33)6-7-27(22)39-15-29(34)37-38-39/h4-7,9-12,15,23-24,31H,1-3,8,13-14H2. The van der Waals surface area contributed by atoms with Crippen molar-refractivity contribution >= 4 is 28.9 Å². The summed E-state index contributed by atoms with van der Waals surface area (Å²) in [5, 5.41) is 8.78. The third-order valence-electron chi connectivity index (χ3n) is 8.92. The lowest BCUT2D eigenvalue weighted by atomic mass is 9.86. The fraction of sp³-hybridized carbons (Fsp3) is 0.250. The van der Waals surface area contributed by atoms with Crippen LogP contribution in [0.15, 0.2) is 88.2 Å². The molecule has 4 heterocycles. The largest absolute Gasteiger partial charge is 0.305 e. The number of aromatic nitrogens is 4. The Morgan fingerprint density at radius 3 is 2.68 bits per heavy atom. The molecule has 2 aromatic heterocycles. The maximum Gasteiger partial charge on any atom is 0.251 e. The van der Waals surface area contributed by atoms with Crippen molar-refractivity contribution in [1.29, 1.82) is 0 Å². The summed E-state index contributed by atoms with van der Waals surface area (Å²) in [6.45, 7) is 4.13. The van der Waals surface area contributed by atoms with E-state index in [9.17, 15) is 4.79 Å². The van der Waals surface area contributed by atoms with Crippen molar-refractivity contribution in [2.24, 2.45) is 10.9 Å². The van der Waals surface area contributed by atoms with Crippen LogP contribution in [-0.2, 0) is 12.8 Å². The van der Waals surface area contributed by atoms with E-state index in [4.69, 9.17) is 23.2 Å². The molecule has 1 fully saturated rings. The number of hydrogen-bond acceptors (Lipinski definition) is 4. The highest BCUT2D eigenvalue weighted by Gasteiger charge is 2.55. The summed E-state index contributed by atoms with van der Waals surface area (Å²) >= 11 is 12.4. The molecule has 9 heteroatoms. The van der Waals surface area contributed by atoms with Crippen LogP contribution in [0.1, 0.15) is 53.6 Å². The minimum atomic E-state index is -0.453. The summed E-state index contributed by atoms with van der Waals surface area (Å²) in [5.41, 5.74) is 9.06. The monoisotopic (exact) mass is 583 g/mol. The minimum Gasteiger partial charge on any atom is -0.305 e. The highest BCUT2D eigenvalue weighted by molar-refractivity contribution is 6.31. The molecule has 3 unspecified atom stereocenters. The Kier molecular flexibility index (Phi) is 5.53. The number of aryl methyl sites for hydroxylation is 1. The van der Waals surface area contributed by atoms with Gasteiger partial charge in [0.25, 0.3) is 5.56 Å². The van der Waals surface area contributed by atoms with Crippen LogP contribution in [0.5, 0.6) is 0 Å². The van der Waals surface area contributed by atoms with E-state index in [0.717, 1.165) is 53.8 Å². The smallest absolute Gasteiger partial charge is 0.251 e. The predicted molar refractivity (Wildman–Crippen MR) is 158 cm³/mol. The molecule has 0 radical (unpaired) electrons. The molecule has 1 saturated carbocycles. The molecule has 6 nitrogen and oxygen atoms in total. The van der Waals surface area contributed by atoms with Gasteiger partial charge in [-0.25, -0.2) is 9.67 Å². The second-order valence-corrected chi connectivity index (χ2v) is 12.3. The average molecular weight is 584 g/mol. The van der Waals surface area contributed by atoms with Gasteiger partial charge in [-0.1, -0.05) is 52.7 Å². The molecule has 4 aromatic rings. The van der Waals surface area contributed by atoms with Crippen LogP contribution in [-0.4, -0.2) is 25.3 Å². The number of allylic oxidation sites excluding steroid dienone is 2. The van der Waals surface area contributed by atoms with Gasteiger partial charge in [-0.15, -0.1) is 5.10 Å². The number of hydrogen-bond donors (Lipinski definition) is 0. The Morgan fingerprint density at radius 1 is 0.976 bits per heavy atom. The fourth-order valence-electron chi connectivity index (χ4n) is 6.91. The molecule has 2 aliphatic heterocycles. The highest BCUT2D eigenvalue weighted by atomic mass is 35.5. The van der Waals surface area contributed by atoms with E-state index < -0.39 is 5.95 Å². The van der Waals surface area contributed by atoms with Gasteiger partial charge in [0.2, 0.25) is 5.95 Å². The quantitative estimate of drug-likeness (QED) is 0.189. The van der Waals surface area contributed by atoms with Gasteiger partial charge in [0.1, 0.15) is 0 Å². The molecular weight excluding hydrogens is 560 g/mol. The number of pyridine rings is 1. The van der Waals surface area contributed by atoms with E-state index in [-0.39, 0.29) is 28.6 Å². The van der Waals surface area contributed by atoms with Gasteiger partial charge in [0.15, 0.2) is 5.15 Å². The van der Waals surface area contributed by atoms with Crippen molar-refractivity contribution in [1.82, 2.24) is 19.6 Å². The normalized spacial score (nSPS) is 22.5. The van der Waals surface area contributed by atoms with Crippen molar-refractivity contribution in [3.05, 3.63) is 121 Å². The Bertz CT molecular complexity index is 1940. The third-order valence-corrected chi connectivity index (χ3v) is 9.33. The number of aliphatic imine (C=N–C) groups is 1. The summed E-state index contributed by atoms with van der Waals surface area (Å²) in [5.74, 6) is -0.0567. The fourth-order valence-corrected chi connectivity index (χ4v) is 7.20. The van der Waals surface area contributed by atoms with E-state index in [0.29, 0.717) is 22.7 Å². The van der Waals surface area contributed by atoms with Gasteiger partial charge in [0, 0.05) is 40.3 Å². The molecule has 8 rings (SSSR count). The molecule has 3 atom stereocenters. The molecule has 0 amide bonds. The van der Waals surface area contributed by atoms with Crippen LogP contribution in [0, 0.1) is 5.92 Å². The van der Waals surface area contributed by atoms with Gasteiger partial charge in [-0.05, 0) is 84.2 Å². The van der Waals surface area contributed by atoms with Crippen LogP contribution in [0.25, 0.3) is 16.8 Å². The predicted octanol–water partition coefficient (Wildman–Crippen LogP) is 7.18. The number of benzene rings is 2. The van der Waals surface area contributed by atoms with E-state index in [1.165, 1.54) is 16.7 Å². The second kappa shape index (κ2) is 9.10. The third kappa shape index (κ3) is 4.05. The van der Waals surface area contributed by atoms with Crippen LogP contribution >= 0.6 is 23.2 Å². The molecule has 41 heavy (non-hydrogen) atoms. The summed E-state index contributed by atoms with van der Waals surface area (Å²) in [6.07, 6.45) is 5.77. The lowest BCUT2D eigenvalue weighted by Crippen LogP contribution is -2.26. The van der Waals surface area contributed by atoms with Crippen molar-refractivity contribution in [2.45, 2.75) is 44.1 Å².